The summed E-state index contributed by atoms with van der Waals surface area (Å²) in [5, 5.41) is 0.766. The standard InChI is InChI=1S/C25H24O6/c1-13-8-21-23(17-6-4-5-7-18(17)25(27)31-21)24-22(13)19(26)12-20(30-24)14-9-15(28-2)11-16(10-14)29-3/h8-11,20H,4-7,12H2,1-3H3/t20-/m1/s1. The number of ether oxygens (including phenoxy) is 3. The lowest BCUT2D eigenvalue weighted by Gasteiger charge is -2.29. The highest BCUT2D eigenvalue weighted by atomic mass is 16.5. The molecule has 5 rings (SSSR count). The predicted octanol–water partition coefficient (Wildman–Crippen LogP) is 4.70. The first-order chi connectivity index (χ1) is 15.0. The van der Waals surface area contributed by atoms with Gasteiger partial charge in [0.05, 0.1) is 31.6 Å². The number of benzene rings is 2. The number of carbonyl (C=O) groups is 1. The van der Waals surface area contributed by atoms with Crippen LogP contribution >= 0.6 is 0 Å². The molecule has 0 saturated heterocycles. The average Bonchev–Trinajstić information content (AvgIpc) is 2.78. The fourth-order valence-electron chi connectivity index (χ4n) is 4.81. The lowest BCUT2D eigenvalue weighted by atomic mass is 9.86. The average molecular weight is 420 g/mol. The van der Waals surface area contributed by atoms with E-state index in [1.807, 2.05) is 19.1 Å². The summed E-state index contributed by atoms with van der Waals surface area (Å²) >= 11 is 0. The van der Waals surface area contributed by atoms with Gasteiger partial charge in [-0.05, 0) is 61.9 Å². The van der Waals surface area contributed by atoms with Crippen LogP contribution in [0.15, 0.2) is 33.5 Å². The van der Waals surface area contributed by atoms with E-state index in [2.05, 4.69) is 0 Å². The first-order valence-corrected chi connectivity index (χ1v) is 10.5. The Hall–Kier alpha value is -3.28. The number of carbonyl (C=O) groups excluding carboxylic acids is 1. The lowest BCUT2D eigenvalue weighted by molar-refractivity contribution is 0.0851. The minimum absolute atomic E-state index is 0.0168. The molecule has 1 atom stereocenters. The van der Waals surface area contributed by atoms with Crippen molar-refractivity contribution in [2.45, 2.75) is 45.1 Å². The zero-order valence-electron chi connectivity index (χ0n) is 17.9. The molecule has 0 fully saturated rings. The van der Waals surface area contributed by atoms with Crippen molar-refractivity contribution >= 4 is 16.8 Å². The SMILES string of the molecule is COc1cc(OC)cc([C@H]2CC(=O)c3c(C)cc4oc(=O)c5c(c4c3O2)CCCC5)c1. The molecule has 1 aromatic heterocycles. The molecule has 6 nitrogen and oxygen atoms in total. The second-order valence-corrected chi connectivity index (χ2v) is 8.20. The van der Waals surface area contributed by atoms with Crippen molar-refractivity contribution in [1.82, 2.24) is 0 Å². The van der Waals surface area contributed by atoms with E-state index in [-0.39, 0.29) is 17.8 Å². The Morgan fingerprint density at radius 2 is 1.61 bits per heavy atom. The van der Waals surface area contributed by atoms with Crippen LogP contribution in [0.5, 0.6) is 17.2 Å². The van der Waals surface area contributed by atoms with Gasteiger partial charge >= 0.3 is 5.63 Å². The number of ketones is 1. The Morgan fingerprint density at radius 1 is 0.935 bits per heavy atom. The maximum Gasteiger partial charge on any atom is 0.339 e. The summed E-state index contributed by atoms with van der Waals surface area (Å²) in [7, 11) is 3.18. The number of hydrogen-bond acceptors (Lipinski definition) is 6. The van der Waals surface area contributed by atoms with Crippen LogP contribution in [0, 0.1) is 6.92 Å². The molecule has 0 N–H and O–H groups in total. The van der Waals surface area contributed by atoms with Gasteiger partial charge in [-0.1, -0.05) is 0 Å². The van der Waals surface area contributed by atoms with E-state index in [0.717, 1.165) is 41.3 Å². The molecule has 0 radical (unpaired) electrons. The lowest BCUT2D eigenvalue weighted by Crippen LogP contribution is -2.23. The van der Waals surface area contributed by atoms with Crippen LogP contribution in [0.1, 0.15) is 58.0 Å². The van der Waals surface area contributed by atoms with Crippen molar-refractivity contribution < 1.29 is 23.4 Å². The Bertz CT molecular complexity index is 1250. The molecule has 1 aliphatic heterocycles. The topological polar surface area (TPSA) is 75.0 Å². The molecule has 2 heterocycles. The summed E-state index contributed by atoms with van der Waals surface area (Å²) in [6.45, 7) is 1.86. The zero-order valence-corrected chi connectivity index (χ0v) is 17.9. The zero-order chi connectivity index (χ0) is 21.7. The molecule has 160 valence electrons. The molecular weight excluding hydrogens is 396 g/mol. The molecular formula is C25H24O6. The minimum Gasteiger partial charge on any atom is -0.497 e. The number of hydrogen-bond donors (Lipinski definition) is 0. The third kappa shape index (κ3) is 3.17. The first kappa shape index (κ1) is 19.7. The van der Waals surface area contributed by atoms with Crippen molar-refractivity contribution in [2.24, 2.45) is 0 Å². The molecule has 2 aliphatic rings. The van der Waals surface area contributed by atoms with E-state index in [1.165, 1.54) is 0 Å². The van der Waals surface area contributed by atoms with E-state index >= 15 is 0 Å². The Morgan fingerprint density at radius 3 is 2.29 bits per heavy atom. The summed E-state index contributed by atoms with van der Waals surface area (Å²) in [5.74, 6) is 1.81. The third-order valence-electron chi connectivity index (χ3n) is 6.32. The van der Waals surface area contributed by atoms with E-state index < -0.39 is 6.10 Å². The van der Waals surface area contributed by atoms with Gasteiger partial charge < -0.3 is 18.6 Å². The molecule has 0 bridgehead atoms. The van der Waals surface area contributed by atoms with Crippen LogP contribution in [0.4, 0.5) is 0 Å². The number of rotatable bonds is 3. The van der Waals surface area contributed by atoms with Gasteiger partial charge in [0, 0.05) is 17.2 Å². The van der Waals surface area contributed by atoms with Crippen LogP contribution in [-0.2, 0) is 12.8 Å². The Kier molecular flexibility index (Phi) is 4.73. The van der Waals surface area contributed by atoms with Crippen LogP contribution in [0.25, 0.3) is 11.0 Å². The number of aryl methyl sites for hydroxylation is 2. The van der Waals surface area contributed by atoms with E-state index in [4.69, 9.17) is 18.6 Å². The highest BCUT2D eigenvalue weighted by Crippen LogP contribution is 2.44. The van der Waals surface area contributed by atoms with Crippen molar-refractivity contribution in [3.63, 3.8) is 0 Å². The van der Waals surface area contributed by atoms with Crippen molar-refractivity contribution in [3.05, 3.63) is 62.5 Å². The van der Waals surface area contributed by atoms with Crippen LogP contribution in [-0.4, -0.2) is 20.0 Å². The van der Waals surface area contributed by atoms with Gasteiger partial charge in [-0.2, -0.15) is 0 Å². The molecule has 0 unspecified atom stereocenters. The van der Waals surface area contributed by atoms with Gasteiger partial charge in [-0.15, -0.1) is 0 Å². The summed E-state index contributed by atoms with van der Waals surface area (Å²) in [4.78, 5) is 25.8. The molecule has 6 heteroatoms. The Balaban J connectivity index is 1.72. The Labute approximate surface area is 179 Å². The van der Waals surface area contributed by atoms with E-state index in [0.29, 0.717) is 40.4 Å². The first-order valence-electron chi connectivity index (χ1n) is 10.5. The normalized spacial score (nSPS) is 17.6. The monoisotopic (exact) mass is 420 g/mol. The van der Waals surface area contributed by atoms with Gasteiger partial charge in [0.25, 0.3) is 0 Å². The predicted molar refractivity (Wildman–Crippen MR) is 116 cm³/mol. The number of Topliss-reactive ketones (excluding diaryl/α,β-unsaturated/α-hetero) is 1. The summed E-state index contributed by atoms with van der Waals surface area (Å²) < 4.78 is 22.9. The van der Waals surface area contributed by atoms with Crippen LogP contribution in [0.3, 0.4) is 0 Å². The highest BCUT2D eigenvalue weighted by Gasteiger charge is 2.33. The van der Waals surface area contributed by atoms with Gasteiger partial charge in [-0.25, -0.2) is 4.79 Å². The van der Waals surface area contributed by atoms with Crippen LogP contribution in [0.2, 0.25) is 0 Å². The van der Waals surface area contributed by atoms with Gasteiger partial charge in [0.15, 0.2) is 5.78 Å². The smallest absolute Gasteiger partial charge is 0.339 e. The van der Waals surface area contributed by atoms with Crippen molar-refractivity contribution in [2.75, 3.05) is 14.2 Å². The molecule has 1 aliphatic carbocycles. The summed E-state index contributed by atoms with van der Waals surface area (Å²) in [6.07, 6.45) is 3.17. The third-order valence-corrected chi connectivity index (χ3v) is 6.32. The van der Waals surface area contributed by atoms with E-state index in [9.17, 15) is 9.59 Å². The van der Waals surface area contributed by atoms with Crippen molar-refractivity contribution in [1.29, 1.82) is 0 Å². The summed E-state index contributed by atoms with van der Waals surface area (Å²) in [6, 6.07) is 7.30. The number of methoxy groups -OCH3 is 2. The minimum atomic E-state index is -0.486. The molecule has 2 aromatic carbocycles. The second-order valence-electron chi connectivity index (χ2n) is 8.20. The fourth-order valence-corrected chi connectivity index (χ4v) is 4.81. The van der Waals surface area contributed by atoms with Crippen molar-refractivity contribution in [3.8, 4) is 17.2 Å². The van der Waals surface area contributed by atoms with Gasteiger partial charge in [0.2, 0.25) is 0 Å². The number of fused-ring (bicyclic) bond motifs is 5. The van der Waals surface area contributed by atoms with Crippen LogP contribution < -0.4 is 19.8 Å². The second kappa shape index (κ2) is 7.45. The molecule has 0 spiro atoms. The summed E-state index contributed by atoms with van der Waals surface area (Å²) in [5.41, 5.74) is 4.03. The van der Waals surface area contributed by atoms with Gasteiger partial charge in [-0.3, -0.25) is 4.79 Å². The quantitative estimate of drug-likeness (QED) is 0.572. The molecule has 31 heavy (non-hydrogen) atoms. The van der Waals surface area contributed by atoms with E-state index in [1.54, 1.807) is 26.4 Å². The molecule has 0 saturated carbocycles. The fraction of sp³-hybridized carbons (Fsp3) is 0.360. The maximum atomic E-state index is 13.2. The molecule has 0 amide bonds. The largest absolute Gasteiger partial charge is 0.497 e. The van der Waals surface area contributed by atoms with Gasteiger partial charge in [0.1, 0.15) is 28.9 Å². The molecule has 3 aromatic rings. The highest BCUT2D eigenvalue weighted by molar-refractivity contribution is 6.07. The maximum absolute atomic E-state index is 13.2.